The maximum Gasteiger partial charge on any atom is 0.253 e. The topological polar surface area (TPSA) is 90.1 Å². The second kappa shape index (κ2) is 7.44. The van der Waals surface area contributed by atoms with Gasteiger partial charge in [-0.15, -0.1) is 0 Å². The van der Waals surface area contributed by atoms with Gasteiger partial charge >= 0.3 is 0 Å². The summed E-state index contributed by atoms with van der Waals surface area (Å²) in [6.07, 6.45) is 4.86. The molecule has 3 aromatic rings. The summed E-state index contributed by atoms with van der Waals surface area (Å²) in [5.74, 6) is 0.897. The van der Waals surface area contributed by atoms with E-state index in [-0.39, 0.29) is 11.9 Å². The number of nitrogen functional groups attached to an aromatic ring is 1. The van der Waals surface area contributed by atoms with E-state index in [1.165, 1.54) is 6.20 Å². The van der Waals surface area contributed by atoms with Gasteiger partial charge in [0.2, 0.25) is 0 Å². The fraction of sp³-hybridized carbons (Fsp3) is 0.105. The molecule has 0 spiro atoms. The molecule has 0 unspecified atom stereocenters. The summed E-state index contributed by atoms with van der Waals surface area (Å²) in [6, 6.07) is 14.2. The van der Waals surface area contributed by atoms with Crippen molar-refractivity contribution in [1.29, 1.82) is 0 Å². The SMILES string of the molecule is COc1ccc([C@H](NC(=O)c2ccc(N)nc2)c2ccncc2)cc1. The number of aromatic nitrogens is 2. The minimum Gasteiger partial charge on any atom is -0.497 e. The number of pyridine rings is 2. The smallest absolute Gasteiger partial charge is 0.253 e. The van der Waals surface area contributed by atoms with Crippen molar-refractivity contribution < 1.29 is 9.53 Å². The summed E-state index contributed by atoms with van der Waals surface area (Å²) in [6.45, 7) is 0. The van der Waals surface area contributed by atoms with E-state index in [9.17, 15) is 4.79 Å². The Balaban J connectivity index is 1.90. The number of ether oxygens (including phenoxy) is 1. The number of nitrogens with zero attached hydrogens (tertiary/aromatic N) is 2. The molecule has 0 fully saturated rings. The fourth-order valence-electron chi connectivity index (χ4n) is 2.47. The molecule has 0 aliphatic carbocycles. The van der Waals surface area contributed by atoms with Gasteiger partial charge in [0.05, 0.1) is 18.7 Å². The Morgan fingerprint density at radius 1 is 1.04 bits per heavy atom. The molecule has 3 N–H and O–H groups in total. The molecule has 3 rings (SSSR count). The molecule has 25 heavy (non-hydrogen) atoms. The van der Waals surface area contributed by atoms with Gasteiger partial charge in [-0.25, -0.2) is 4.98 Å². The Morgan fingerprint density at radius 3 is 2.32 bits per heavy atom. The second-order valence-corrected chi connectivity index (χ2v) is 5.43. The molecule has 1 amide bonds. The molecule has 0 radical (unpaired) electrons. The number of amides is 1. The van der Waals surface area contributed by atoms with Gasteiger partial charge < -0.3 is 15.8 Å². The first kappa shape index (κ1) is 16.4. The third-order valence-electron chi connectivity index (χ3n) is 3.81. The molecule has 2 aromatic heterocycles. The van der Waals surface area contributed by atoms with Gasteiger partial charge in [0.25, 0.3) is 5.91 Å². The van der Waals surface area contributed by atoms with E-state index in [0.717, 1.165) is 16.9 Å². The Morgan fingerprint density at radius 2 is 1.72 bits per heavy atom. The number of benzene rings is 1. The van der Waals surface area contributed by atoms with Crippen LogP contribution in [0.1, 0.15) is 27.5 Å². The number of nitrogens with one attached hydrogen (secondary N) is 1. The second-order valence-electron chi connectivity index (χ2n) is 5.43. The van der Waals surface area contributed by atoms with Crippen LogP contribution in [0, 0.1) is 0 Å². The van der Waals surface area contributed by atoms with Crippen molar-refractivity contribution in [2.45, 2.75) is 6.04 Å². The largest absolute Gasteiger partial charge is 0.497 e. The first-order valence-corrected chi connectivity index (χ1v) is 7.73. The van der Waals surface area contributed by atoms with Crippen LogP contribution >= 0.6 is 0 Å². The van der Waals surface area contributed by atoms with E-state index in [1.54, 1.807) is 31.6 Å². The van der Waals surface area contributed by atoms with Crippen LogP contribution in [0.3, 0.4) is 0 Å². The van der Waals surface area contributed by atoms with E-state index in [1.807, 2.05) is 36.4 Å². The predicted octanol–water partition coefficient (Wildman–Crippen LogP) is 2.59. The number of carbonyl (C=O) groups excluding carboxylic acids is 1. The standard InChI is InChI=1S/C19H18N4O2/c1-25-16-5-2-13(3-6-16)18(14-8-10-21-11-9-14)23-19(24)15-4-7-17(20)22-12-15/h2-12,18H,1H3,(H2,20,22)(H,23,24)/t18-/m0/s1. The first-order chi connectivity index (χ1) is 12.2. The van der Waals surface area contributed by atoms with Crippen LogP contribution < -0.4 is 15.8 Å². The Hall–Kier alpha value is -3.41. The van der Waals surface area contributed by atoms with E-state index in [2.05, 4.69) is 15.3 Å². The molecular formula is C19H18N4O2. The third kappa shape index (κ3) is 3.92. The molecule has 6 heteroatoms. The fourth-order valence-corrected chi connectivity index (χ4v) is 2.47. The van der Waals surface area contributed by atoms with Crippen LogP contribution in [0.15, 0.2) is 67.1 Å². The van der Waals surface area contributed by atoms with Crippen LogP contribution in [0.5, 0.6) is 5.75 Å². The van der Waals surface area contributed by atoms with Gasteiger partial charge in [0.15, 0.2) is 0 Å². The highest BCUT2D eigenvalue weighted by atomic mass is 16.5. The van der Waals surface area contributed by atoms with Crippen molar-refractivity contribution in [2.75, 3.05) is 12.8 Å². The van der Waals surface area contributed by atoms with Gasteiger partial charge in [-0.2, -0.15) is 0 Å². The lowest BCUT2D eigenvalue weighted by Gasteiger charge is -2.20. The molecule has 1 atom stereocenters. The monoisotopic (exact) mass is 334 g/mol. The number of anilines is 1. The summed E-state index contributed by atoms with van der Waals surface area (Å²) < 4.78 is 5.20. The summed E-state index contributed by atoms with van der Waals surface area (Å²) in [5, 5.41) is 3.03. The van der Waals surface area contributed by atoms with Crippen molar-refractivity contribution in [2.24, 2.45) is 0 Å². The van der Waals surface area contributed by atoms with Gasteiger partial charge in [0.1, 0.15) is 11.6 Å². The van der Waals surface area contributed by atoms with Crippen LogP contribution in [0.4, 0.5) is 5.82 Å². The molecule has 2 heterocycles. The van der Waals surface area contributed by atoms with Crippen LogP contribution in [0.25, 0.3) is 0 Å². The summed E-state index contributed by atoms with van der Waals surface area (Å²) in [5.41, 5.74) is 7.88. The average molecular weight is 334 g/mol. The highest BCUT2D eigenvalue weighted by Gasteiger charge is 2.18. The molecular weight excluding hydrogens is 316 g/mol. The Bertz CT molecular complexity index is 834. The zero-order chi connectivity index (χ0) is 17.6. The van der Waals surface area contributed by atoms with Crippen molar-refractivity contribution in [3.8, 4) is 5.75 Å². The van der Waals surface area contributed by atoms with Crippen LogP contribution in [0.2, 0.25) is 0 Å². The molecule has 126 valence electrons. The number of nitrogens with two attached hydrogens (primary N) is 1. The molecule has 0 saturated carbocycles. The number of hydrogen-bond acceptors (Lipinski definition) is 5. The molecule has 0 aliphatic rings. The van der Waals surface area contributed by atoms with Crippen molar-refractivity contribution in [3.63, 3.8) is 0 Å². The summed E-state index contributed by atoms with van der Waals surface area (Å²) in [7, 11) is 1.62. The van der Waals surface area contributed by atoms with Crippen molar-refractivity contribution >= 4 is 11.7 Å². The summed E-state index contributed by atoms with van der Waals surface area (Å²) >= 11 is 0. The summed E-state index contributed by atoms with van der Waals surface area (Å²) in [4.78, 5) is 20.6. The maximum absolute atomic E-state index is 12.6. The van der Waals surface area contributed by atoms with Crippen molar-refractivity contribution in [3.05, 3.63) is 83.8 Å². The Kier molecular flexibility index (Phi) is 4.89. The Labute approximate surface area is 145 Å². The lowest BCUT2D eigenvalue weighted by molar-refractivity contribution is 0.0942. The van der Waals surface area contributed by atoms with E-state index >= 15 is 0 Å². The molecule has 1 aromatic carbocycles. The predicted molar refractivity (Wildman–Crippen MR) is 95.2 cm³/mol. The normalized spacial score (nSPS) is 11.6. The van der Waals surface area contributed by atoms with Gasteiger partial charge in [-0.3, -0.25) is 9.78 Å². The van der Waals surface area contributed by atoms with Gasteiger partial charge in [0, 0.05) is 18.6 Å². The van der Waals surface area contributed by atoms with Gasteiger partial charge in [-0.05, 0) is 47.5 Å². The highest BCUT2D eigenvalue weighted by Crippen LogP contribution is 2.24. The van der Waals surface area contributed by atoms with Crippen LogP contribution in [-0.2, 0) is 0 Å². The number of methoxy groups -OCH3 is 1. The van der Waals surface area contributed by atoms with E-state index in [0.29, 0.717) is 11.4 Å². The van der Waals surface area contributed by atoms with E-state index < -0.39 is 0 Å². The minimum absolute atomic E-state index is 0.231. The highest BCUT2D eigenvalue weighted by molar-refractivity contribution is 5.94. The maximum atomic E-state index is 12.6. The van der Waals surface area contributed by atoms with E-state index in [4.69, 9.17) is 10.5 Å². The third-order valence-corrected chi connectivity index (χ3v) is 3.81. The zero-order valence-electron chi connectivity index (χ0n) is 13.7. The molecule has 6 nitrogen and oxygen atoms in total. The number of rotatable bonds is 5. The quantitative estimate of drug-likeness (QED) is 0.748. The lowest BCUT2D eigenvalue weighted by atomic mass is 9.99. The minimum atomic E-state index is -0.320. The van der Waals surface area contributed by atoms with Crippen molar-refractivity contribution in [1.82, 2.24) is 15.3 Å². The average Bonchev–Trinajstić information content (AvgIpc) is 2.67. The van der Waals surface area contributed by atoms with Crippen LogP contribution in [-0.4, -0.2) is 23.0 Å². The first-order valence-electron chi connectivity index (χ1n) is 7.73. The van der Waals surface area contributed by atoms with Gasteiger partial charge in [-0.1, -0.05) is 12.1 Å². The zero-order valence-corrected chi connectivity index (χ0v) is 13.7. The molecule has 0 saturated heterocycles. The number of carbonyl (C=O) groups is 1. The number of hydrogen-bond donors (Lipinski definition) is 2. The molecule has 0 aliphatic heterocycles. The molecule has 0 bridgehead atoms. The lowest BCUT2D eigenvalue weighted by Crippen LogP contribution is -2.29.